The molecule has 1 saturated carbocycles. The predicted octanol–water partition coefficient (Wildman–Crippen LogP) is 1.92. The molecule has 1 amide bonds. The highest BCUT2D eigenvalue weighted by atomic mass is 19.1. The number of nitrogens with two attached hydrogens (primary N) is 1. The van der Waals surface area contributed by atoms with E-state index in [1.165, 1.54) is 4.90 Å². The van der Waals surface area contributed by atoms with E-state index >= 15 is 0 Å². The number of nitrogen functional groups attached to an aromatic ring is 1. The minimum atomic E-state index is -0.941. The van der Waals surface area contributed by atoms with Crippen molar-refractivity contribution >= 4 is 11.6 Å². The first kappa shape index (κ1) is 14.7. The molecule has 110 valence electrons. The molecule has 1 aromatic rings. The van der Waals surface area contributed by atoms with E-state index in [0.29, 0.717) is 0 Å². The fraction of sp³-hybridized carbons (Fsp3) is 0.500. The largest absolute Gasteiger partial charge is 0.395 e. The molecular weight excluding hydrogens is 266 g/mol. The van der Waals surface area contributed by atoms with Crippen LogP contribution in [0.1, 0.15) is 36.0 Å². The third kappa shape index (κ3) is 2.90. The van der Waals surface area contributed by atoms with Gasteiger partial charge in [0.05, 0.1) is 6.61 Å². The maximum absolute atomic E-state index is 13.4. The van der Waals surface area contributed by atoms with Crippen LogP contribution in [0.3, 0.4) is 0 Å². The van der Waals surface area contributed by atoms with Crippen molar-refractivity contribution in [3.05, 3.63) is 29.3 Å². The van der Waals surface area contributed by atoms with E-state index in [1.807, 2.05) is 0 Å². The quantitative estimate of drug-likeness (QED) is 0.830. The SMILES string of the molecule is Nc1c(F)cc(C(=O)N(CCO)C2CCCC2)cc1F. The summed E-state index contributed by atoms with van der Waals surface area (Å²) in [6.07, 6.45) is 3.74. The van der Waals surface area contributed by atoms with E-state index in [1.54, 1.807) is 0 Å². The first-order chi connectivity index (χ1) is 9.54. The van der Waals surface area contributed by atoms with Gasteiger partial charge in [0.25, 0.3) is 5.91 Å². The third-order valence-electron chi connectivity index (χ3n) is 3.69. The van der Waals surface area contributed by atoms with Crippen LogP contribution < -0.4 is 5.73 Å². The summed E-state index contributed by atoms with van der Waals surface area (Å²) in [6.45, 7) is -0.0146. The lowest BCUT2D eigenvalue weighted by Gasteiger charge is -2.28. The summed E-state index contributed by atoms with van der Waals surface area (Å²) >= 11 is 0. The standard InChI is InChI=1S/C14H18F2N2O2/c15-11-7-9(8-12(16)13(11)17)14(20)18(5-6-19)10-3-1-2-4-10/h7-8,10,19H,1-6,17H2. The predicted molar refractivity (Wildman–Crippen MR) is 71.1 cm³/mol. The molecule has 0 radical (unpaired) electrons. The summed E-state index contributed by atoms with van der Waals surface area (Å²) in [7, 11) is 0. The summed E-state index contributed by atoms with van der Waals surface area (Å²) < 4.78 is 26.9. The minimum absolute atomic E-state index is 0.0262. The molecule has 4 nitrogen and oxygen atoms in total. The van der Waals surface area contributed by atoms with Crippen LogP contribution in [0.15, 0.2) is 12.1 Å². The molecule has 0 atom stereocenters. The van der Waals surface area contributed by atoms with E-state index in [4.69, 9.17) is 10.8 Å². The zero-order valence-electron chi connectivity index (χ0n) is 11.1. The Bertz CT molecular complexity index is 479. The van der Waals surface area contributed by atoms with Gasteiger partial charge in [-0.15, -0.1) is 0 Å². The lowest BCUT2D eigenvalue weighted by Crippen LogP contribution is -2.40. The first-order valence-electron chi connectivity index (χ1n) is 6.71. The first-order valence-corrected chi connectivity index (χ1v) is 6.71. The van der Waals surface area contributed by atoms with Gasteiger partial charge in [-0.05, 0) is 25.0 Å². The van der Waals surface area contributed by atoms with Gasteiger partial charge in [0.2, 0.25) is 0 Å². The molecule has 0 bridgehead atoms. The summed E-state index contributed by atoms with van der Waals surface area (Å²) in [5, 5.41) is 9.08. The second kappa shape index (κ2) is 6.17. The number of anilines is 1. The number of benzene rings is 1. The van der Waals surface area contributed by atoms with Crippen LogP contribution >= 0.6 is 0 Å². The Hall–Kier alpha value is -1.69. The number of nitrogens with zero attached hydrogens (tertiary/aromatic N) is 1. The van der Waals surface area contributed by atoms with Crippen molar-refractivity contribution in [2.75, 3.05) is 18.9 Å². The lowest BCUT2D eigenvalue weighted by molar-refractivity contribution is 0.0637. The van der Waals surface area contributed by atoms with Crippen LogP contribution in [-0.2, 0) is 0 Å². The fourth-order valence-corrected chi connectivity index (χ4v) is 2.65. The molecule has 0 spiro atoms. The third-order valence-corrected chi connectivity index (χ3v) is 3.69. The van der Waals surface area contributed by atoms with Crippen molar-refractivity contribution < 1.29 is 18.7 Å². The lowest BCUT2D eigenvalue weighted by atomic mass is 10.1. The topological polar surface area (TPSA) is 66.6 Å². The van der Waals surface area contributed by atoms with Gasteiger partial charge in [-0.2, -0.15) is 0 Å². The number of halogens is 2. The molecule has 2 rings (SSSR count). The van der Waals surface area contributed by atoms with Gasteiger partial charge in [-0.3, -0.25) is 4.79 Å². The Kier molecular flexibility index (Phi) is 4.54. The van der Waals surface area contributed by atoms with E-state index in [2.05, 4.69) is 0 Å². The Balaban J connectivity index is 2.27. The van der Waals surface area contributed by atoms with Crippen molar-refractivity contribution in [1.29, 1.82) is 0 Å². The summed E-state index contributed by atoms with van der Waals surface area (Å²) in [4.78, 5) is 13.9. The van der Waals surface area contributed by atoms with E-state index in [9.17, 15) is 13.6 Å². The maximum atomic E-state index is 13.4. The van der Waals surface area contributed by atoms with Crippen LogP contribution in [0.2, 0.25) is 0 Å². The smallest absolute Gasteiger partial charge is 0.254 e. The fourth-order valence-electron chi connectivity index (χ4n) is 2.65. The highest BCUT2D eigenvalue weighted by molar-refractivity contribution is 5.95. The van der Waals surface area contributed by atoms with Gasteiger partial charge in [-0.25, -0.2) is 8.78 Å². The van der Waals surface area contributed by atoms with Crippen LogP contribution in [0.25, 0.3) is 0 Å². The minimum Gasteiger partial charge on any atom is -0.395 e. The second-order valence-electron chi connectivity index (χ2n) is 5.01. The summed E-state index contributed by atoms with van der Waals surface area (Å²) in [5.74, 6) is -2.35. The van der Waals surface area contributed by atoms with E-state index in [0.717, 1.165) is 37.8 Å². The van der Waals surface area contributed by atoms with Crippen molar-refractivity contribution in [3.63, 3.8) is 0 Å². The average molecular weight is 284 g/mol. The van der Waals surface area contributed by atoms with Crippen LogP contribution in [0.4, 0.5) is 14.5 Å². The van der Waals surface area contributed by atoms with Crippen LogP contribution in [-0.4, -0.2) is 35.1 Å². The number of carbonyl (C=O) groups is 1. The zero-order chi connectivity index (χ0) is 14.7. The number of hydrogen-bond donors (Lipinski definition) is 2. The molecule has 0 unspecified atom stereocenters. The maximum Gasteiger partial charge on any atom is 0.254 e. The number of amides is 1. The molecule has 0 aliphatic heterocycles. The highest BCUT2D eigenvalue weighted by Crippen LogP contribution is 2.26. The number of carbonyl (C=O) groups excluding carboxylic acids is 1. The van der Waals surface area contributed by atoms with Crippen molar-refractivity contribution in [2.45, 2.75) is 31.7 Å². The Morgan fingerprint density at radius 1 is 1.30 bits per heavy atom. The molecular formula is C14H18F2N2O2. The molecule has 1 aromatic carbocycles. The van der Waals surface area contributed by atoms with Crippen molar-refractivity contribution in [2.24, 2.45) is 0 Å². The number of aliphatic hydroxyl groups excluding tert-OH is 1. The summed E-state index contributed by atoms with van der Waals surface area (Å²) in [5.41, 5.74) is 4.53. The molecule has 1 fully saturated rings. The Morgan fingerprint density at radius 2 is 1.85 bits per heavy atom. The van der Waals surface area contributed by atoms with Gasteiger partial charge < -0.3 is 15.7 Å². The number of rotatable bonds is 4. The van der Waals surface area contributed by atoms with Gasteiger partial charge >= 0.3 is 0 Å². The molecule has 1 aliphatic rings. The zero-order valence-corrected chi connectivity index (χ0v) is 11.1. The van der Waals surface area contributed by atoms with E-state index < -0.39 is 23.2 Å². The second-order valence-corrected chi connectivity index (χ2v) is 5.01. The van der Waals surface area contributed by atoms with Gasteiger partial charge in [-0.1, -0.05) is 12.8 Å². The van der Waals surface area contributed by atoms with Crippen molar-refractivity contribution in [1.82, 2.24) is 4.90 Å². The molecule has 0 heterocycles. The highest BCUT2D eigenvalue weighted by Gasteiger charge is 2.27. The molecule has 0 aromatic heterocycles. The number of hydrogen-bond acceptors (Lipinski definition) is 3. The van der Waals surface area contributed by atoms with Gasteiger partial charge in [0.15, 0.2) is 0 Å². The van der Waals surface area contributed by atoms with Gasteiger partial charge in [0, 0.05) is 18.2 Å². The summed E-state index contributed by atoms with van der Waals surface area (Å²) in [6, 6.07) is 1.92. The molecule has 0 saturated heterocycles. The van der Waals surface area contributed by atoms with Crippen LogP contribution in [0.5, 0.6) is 0 Å². The Morgan fingerprint density at radius 3 is 2.35 bits per heavy atom. The molecule has 1 aliphatic carbocycles. The number of aliphatic hydroxyl groups is 1. The average Bonchev–Trinajstić information content (AvgIpc) is 2.94. The molecule has 3 N–H and O–H groups in total. The van der Waals surface area contributed by atoms with Crippen LogP contribution in [0, 0.1) is 11.6 Å². The normalized spacial score (nSPS) is 15.6. The molecule has 6 heteroatoms. The van der Waals surface area contributed by atoms with E-state index in [-0.39, 0.29) is 24.8 Å². The van der Waals surface area contributed by atoms with Crippen molar-refractivity contribution in [3.8, 4) is 0 Å². The van der Waals surface area contributed by atoms with Gasteiger partial charge in [0.1, 0.15) is 17.3 Å². The Labute approximate surface area is 116 Å². The monoisotopic (exact) mass is 284 g/mol. The molecule has 20 heavy (non-hydrogen) atoms.